The second kappa shape index (κ2) is 9.29. The highest BCUT2D eigenvalue weighted by atomic mass is 16.5. The summed E-state index contributed by atoms with van der Waals surface area (Å²) in [5, 5.41) is 2.36. The van der Waals surface area contributed by atoms with Gasteiger partial charge in [-0.15, -0.1) is 0 Å². The van der Waals surface area contributed by atoms with Crippen LogP contribution in [0.25, 0.3) is 21.8 Å². The number of rotatable bonds is 4. The quantitative estimate of drug-likeness (QED) is 0.217. The number of hydrogen-bond acceptors (Lipinski definition) is 4. The van der Waals surface area contributed by atoms with Crippen molar-refractivity contribution in [3.8, 4) is 0 Å². The van der Waals surface area contributed by atoms with Gasteiger partial charge in [0, 0.05) is 46.1 Å². The van der Waals surface area contributed by atoms with E-state index in [9.17, 15) is 4.79 Å². The average molecular weight is 467 g/mol. The molecule has 0 atom stereocenters. The normalized spacial score (nSPS) is 13.0. The second-order valence-corrected chi connectivity index (χ2v) is 9.38. The van der Waals surface area contributed by atoms with Crippen LogP contribution in [0.5, 0.6) is 0 Å². The van der Waals surface area contributed by atoms with Crippen LogP contribution in [0.15, 0.2) is 60.8 Å². The van der Waals surface area contributed by atoms with Crippen LogP contribution in [-0.2, 0) is 11.2 Å². The zero-order valence-corrected chi connectivity index (χ0v) is 20.3. The van der Waals surface area contributed by atoms with Gasteiger partial charge in [-0.2, -0.15) is 0 Å². The molecular formula is C29H30N4O2. The van der Waals surface area contributed by atoms with Crippen LogP contribution in [0, 0.1) is 13.8 Å². The molecule has 5 aromatic rings. The minimum atomic E-state index is -0.307. The van der Waals surface area contributed by atoms with Crippen molar-refractivity contribution in [1.29, 1.82) is 0 Å². The molecule has 0 saturated heterocycles. The first-order valence-corrected chi connectivity index (χ1v) is 11.9. The van der Waals surface area contributed by atoms with Gasteiger partial charge in [0.05, 0.1) is 18.4 Å². The topological polar surface area (TPSA) is 96.8 Å². The minimum absolute atomic E-state index is 0.307. The van der Waals surface area contributed by atoms with Crippen molar-refractivity contribution in [2.75, 3.05) is 12.8 Å². The summed E-state index contributed by atoms with van der Waals surface area (Å²) in [6, 6.07) is 18.4. The third kappa shape index (κ3) is 5.06. The Morgan fingerprint density at radius 3 is 2.29 bits per heavy atom. The van der Waals surface area contributed by atoms with Crippen LogP contribution < -0.4 is 5.73 Å². The smallest absolute Gasteiger partial charge is 0.339 e. The maximum atomic E-state index is 12.2. The van der Waals surface area contributed by atoms with Gasteiger partial charge in [-0.05, 0) is 97.7 Å². The van der Waals surface area contributed by atoms with Crippen LogP contribution in [0.4, 0.5) is 5.69 Å². The van der Waals surface area contributed by atoms with E-state index in [4.69, 9.17) is 10.5 Å². The third-order valence-corrected chi connectivity index (χ3v) is 6.42. The highest BCUT2D eigenvalue weighted by Crippen LogP contribution is 2.40. The molecule has 1 aliphatic carbocycles. The number of aryl methyl sites for hydroxylation is 2. The molecule has 4 N–H and O–H groups in total. The SMILES string of the molecule is COC(=O)c1cc(C2CC2)cnc1Cc1ccc2[nH]c(C)cc2c1.Cc1cc2cc(N)ccc2[nH]1. The fraction of sp³-hybridized carbons (Fsp3) is 0.241. The second-order valence-electron chi connectivity index (χ2n) is 9.38. The molecule has 0 unspecified atom stereocenters. The van der Waals surface area contributed by atoms with Gasteiger partial charge in [-0.3, -0.25) is 4.98 Å². The first-order chi connectivity index (χ1) is 16.9. The van der Waals surface area contributed by atoms with E-state index in [2.05, 4.69) is 45.3 Å². The number of anilines is 1. The van der Waals surface area contributed by atoms with Crippen molar-refractivity contribution in [2.45, 2.75) is 39.0 Å². The first-order valence-electron chi connectivity index (χ1n) is 11.9. The van der Waals surface area contributed by atoms with Crippen LogP contribution in [0.2, 0.25) is 0 Å². The average Bonchev–Trinajstić information content (AvgIpc) is 3.52. The summed E-state index contributed by atoms with van der Waals surface area (Å²) in [4.78, 5) is 23.3. The fourth-order valence-electron chi connectivity index (χ4n) is 4.50. The van der Waals surface area contributed by atoms with E-state index < -0.39 is 0 Å². The van der Waals surface area contributed by atoms with Gasteiger partial charge in [0.1, 0.15) is 0 Å². The first kappa shape index (κ1) is 22.7. The van der Waals surface area contributed by atoms with Gasteiger partial charge < -0.3 is 20.4 Å². The summed E-state index contributed by atoms with van der Waals surface area (Å²) < 4.78 is 4.96. The number of fused-ring (bicyclic) bond motifs is 2. The lowest BCUT2D eigenvalue weighted by Gasteiger charge is -2.09. The molecule has 0 bridgehead atoms. The predicted octanol–water partition coefficient (Wildman–Crippen LogP) is 6.18. The maximum absolute atomic E-state index is 12.2. The largest absolute Gasteiger partial charge is 0.465 e. The van der Waals surface area contributed by atoms with Crippen molar-refractivity contribution in [3.63, 3.8) is 0 Å². The lowest BCUT2D eigenvalue weighted by molar-refractivity contribution is 0.0599. The van der Waals surface area contributed by atoms with Crippen molar-refractivity contribution in [2.24, 2.45) is 0 Å². The number of benzene rings is 2. The molecule has 178 valence electrons. The number of nitrogen functional groups attached to an aromatic ring is 1. The maximum Gasteiger partial charge on any atom is 0.339 e. The number of hydrogen-bond donors (Lipinski definition) is 3. The standard InChI is InChI=1S/C20H20N2O2.C9H10N2/c1-12-7-15-8-13(3-6-18(15)22-12)9-19-17(20(23)24-2)10-16(11-21-19)14-4-5-14;1-6-4-7-5-8(10)2-3-9(7)11-6/h3,6-8,10-11,14,22H,4-5,9H2,1-2H3;2-5,11H,10H2,1H3. The number of nitrogens with one attached hydrogen (secondary N) is 2. The summed E-state index contributed by atoms with van der Waals surface area (Å²) in [5.74, 6) is 0.257. The number of methoxy groups -OCH3 is 1. The summed E-state index contributed by atoms with van der Waals surface area (Å²) in [5.41, 5.74) is 14.7. The predicted molar refractivity (Wildman–Crippen MR) is 141 cm³/mol. The number of aromatic nitrogens is 3. The van der Waals surface area contributed by atoms with Gasteiger partial charge in [0.2, 0.25) is 0 Å². The zero-order chi connectivity index (χ0) is 24.5. The van der Waals surface area contributed by atoms with Gasteiger partial charge in [0.15, 0.2) is 0 Å². The highest BCUT2D eigenvalue weighted by molar-refractivity contribution is 5.91. The van der Waals surface area contributed by atoms with Crippen LogP contribution in [-0.4, -0.2) is 28.0 Å². The van der Waals surface area contributed by atoms with Crippen molar-refractivity contribution < 1.29 is 9.53 Å². The number of aromatic amines is 2. The van der Waals surface area contributed by atoms with E-state index in [0.717, 1.165) is 39.2 Å². The molecule has 6 nitrogen and oxygen atoms in total. The Morgan fingerprint density at radius 1 is 0.971 bits per heavy atom. The Hall–Kier alpha value is -4.06. The zero-order valence-electron chi connectivity index (χ0n) is 20.3. The summed E-state index contributed by atoms with van der Waals surface area (Å²) in [7, 11) is 1.42. The Labute approximate surface area is 204 Å². The monoisotopic (exact) mass is 466 g/mol. The fourth-order valence-corrected chi connectivity index (χ4v) is 4.50. The number of carbonyl (C=O) groups excluding carboxylic acids is 1. The van der Waals surface area contributed by atoms with E-state index >= 15 is 0 Å². The lowest BCUT2D eigenvalue weighted by Crippen LogP contribution is -2.09. The summed E-state index contributed by atoms with van der Waals surface area (Å²) >= 11 is 0. The van der Waals surface area contributed by atoms with Crippen molar-refractivity contribution >= 4 is 33.5 Å². The molecule has 0 amide bonds. The van der Waals surface area contributed by atoms with E-state index in [1.807, 2.05) is 44.3 Å². The Morgan fingerprint density at radius 2 is 1.63 bits per heavy atom. The number of nitrogens with two attached hydrogens (primary N) is 1. The molecule has 6 heteroatoms. The molecule has 0 radical (unpaired) electrons. The molecule has 3 aromatic heterocycles. The molecule has 1 saturated carbocycles. The van der Waals surface area contributed by atoms with Crippen molar-refractivity contribution in [1.82, 2.24) is 15.0 Å². The molecule has 0 aliphatic heterocycles. The third-order valence-electron chi connectivity index (χ3n) is 6.42. The number of ether oxygens (including phenoxy) is 1. The molecule has 35 heavy (non-hydrogen) atoms. The molecule has 6 rings (SSSR count). The van der Waals surface area contributed by atoms with Gasteiger partial charge in [-0.25, -0.2) is 4.79 Å². The number of nitrogens with zero attached hydrogens (tertiary/aromatic N) is 1. The van der Waals surface area contributed by atoms with Gasteiger partial charge in [0.25, 0.3) is 0 Å². The summed E-state index contributed by atoms with van der Waals surface area (Å²) in [6.07, 6.45) is 4.91. The molecule has 1 aliphatic rings. The highest BCUT2D eigenvalue weighted by Gasteiger charge is 2.26. The lowest BCUT2D eigenvalue weighted by atomic mass is 10.0. The van der Waals surface area contributed by atoms with E-state index in [1.54, 1.807) is 0 Å². The Balaban J connectivity index is 0.000000192. The molecular weight excluding hydrogens is 436 g/mol. The molecule has 0 spiro atoms. The van der Waals surface area contributed by atoms with E-state index in [-0.39, 0.29) is 5.97 Å². The van der Waals surface area contributed by atoms with Crippen molar-refractivity contribution in [3.05, 3.63) is 94.6 Å². The van der Waals surface area contributed by atoms with Crippen LogP contribution in [0.1, 0.15) is 57.3 Å². The van der Waals surface area contributed by atoms with Gasteiger partial charge >= 0.3 is 5.97 Å². The number of carbonyl (C=O) groups is 1. The van der Waals surface area contributed by atoms with E-state index in [1.165, 1.54) is 36.4 Å². The minimum Gasteiger partial charge on any atom is -0.465 e. The van der Waals surface area contributed by atoms with Crippen LogP contribution in [0.3, 0.4) is 0 Å². The number of H-pyrrole nitrogens is 2. The Kier molecular flexibility index (Phi) is 6.03. The Bertz CT molecular complexity index is 1520. The molecule has 1 fully saturated rings. The molecule has 3 heterocycles. The molecule has 2 aromatic carbocycles. The van der Waals surface area contributed by atoms with E-state index in [0.29, 0.717) is 17.9 Å². The summed E-state index contributed by atoms with van der Waals surface area (Å²) in [6.45, 7) is 4.09. The number of esters is 1. The van der Waals surface area contributed by atoms with Crippen LogP contribution >= 0.6 is 0 Å². The number of pyridine rings is 1. The van der Waals surface area contributed by atoms with Gasteiger partial charge in [-0.1, -0.05) is 6.07 Å².